The van der Waals surface area contributed by atoms with Gasteiger partial charge in [-0.2, -0.15) is 0 Å². The number of rotatable bonds is 4. The molecule has 0 aromatic heterocycles. The molecule has 0 bridgehead atoms. The third kappa shape index (κ3) is 4.63. The van der Waals surface area contributed by atoms with Gasteiger partial charge in [-0.3, -0.25) is 9.69 Å². The molecule has 0 spiro atoms. The van der Waals surface area contributed by atoms with Crippen molar-refractivity contribution in [1.82, 2.24) is 10.2 Å². The van der Waals surface area contributed by atoms with E-state index >= 15 is 0 Å². The van der Waals surface area contributed by atoms with Gasteiger partial charge in [0.15, 0.2) is 0 Å². The summed E-state index contributed by atoms with van der Waals surface area (Å²) >= 11 is 6.04. The highest BCUT2D eigenvalue weighted by Gasteiger charge is 2.20. The summed E-state index contributed by atoms with van der Waals surface area (Å²) in [6.45, 7) is 4.33. The Morgan fingerprint density at radius 3 is 2.90 bits per heavy atom. The maximum atomic E-state index is 12.0. The van der Waals surface area contributed by atoms with Crippen LogP contribution in [0.15, 0.2) is 18.2 Å². The molecule has 1 aliphatic rings. The molecule has 1 heterocycles. The molecule has 1 unspecified atom stereocenters. The predicted octanol–water partition coefficient (Wildman–Crippen LogP) is 2.30. The van der Waals surface area contributed by atoms with E-state index in [0.29, 0.717) is 17.6 Å². The third-order valence-electron chi connectivity index (χ3n) is 3.51. The van der Waals surface area contributed by atoms with Gasteiger partial charge in [-0.1, -0.05) is 17.7 Å². The summed E-state index contributed by atoms with van der Waals surface area (Å²) in [7, 11) is 1.99. The predicted molar refractivity (Wildman–Crippen MR) is 86.0 cm³/mol. The number of nitrogens with one attached hydrogen (secondary N) is 2. The van der Waals surface area contributed by atoms with E-state index in [1.165, 1.54) is 0 Å². The van der Waals surface area contributed by atoms with Crippen LogP contribution in [-0.2, 0) is 4.79 Å². The molecule has 1 atom stereocenters. The average molecular weight is 318 g/mol. The zero-order chi connectivity index (χ0) is 13.8. The van der Waals surface area contributed by atoms with Crippen molar-refractivity contribution in [3.63, 3.8) is 0 Å². The number of carbonyl (C=O) groups is 1. The smallest absolute Gasteiger partial charge is 0.238 e. The van der Waals surface area contributed by atoms with Gasteiger partial charge in [0.25, 0.3) is 0 Å². The molecule has 2 N–H and O–H groups in total. The topological polar surface area (TPSA) is 44.4 Å². The van der Waals surface area contributed by atoms with Gasteiger partial charge in [0, 0.05) is 23.3 Å². The van der Waals surface area contributed by atoms with Crippen LogP contribution >= 0.6 is 24.0 Å². The van der Waals surface area contributed by atoms with Gasteiger partial charge in [0.05, 0.1) is 6.54 Å². The molecule has 0 radical (unpaired) electrons. The van der Waals surface area contributed by atoms with Crippen LogP contribution in [0.4, 0.5) is 5.69 Å². The number of aryl methyl sites for hydroxylation is 1. The Hall–Kier alpha value is -0.810. The van der Waals surface area contributed by atoms with E-state index in [4.69, 9.17) is 11.6 Å². The lowest BCUT2D eigenvalue weighted by Gasteiger charge is -2.22. The summed E-state index contributed by atoms with van der Waals surface area (Å²) in [5.74, 6) is -0.00526. The third-order valence-corrected chi connectivity index (χ3v) is 3.91. The average Bonchev–Trinajstić information content (AvgIpc) is 2.87. The fourth-order valence-electron chi connectivity index (χ4n) is 2.24. The van der Waals surface area contributed by atoms with Crippen molar-refractivity contribution in [2.24, 2.45) is 0 Å². The SMILES string of the molecule is Cc1ccc(NC(=O)CN(C)C2CCNC2)cc1Cl.Cl. The molecule has 20 heavy (non-hydrogen) atoms. The summed E-state index contributed by atoms with van der Waals surface area (Å²) < 4.78 is 0. The van der Waals surface area contributed by atoms with Crippen molar-refractivity contribution >= 4 is 35.6 Å². The number of anilines is 1. The van der Waals surface area contributed by atoms with E-state index in [-0.39, 0.29) is 18.3 Å². The lowest BCUT2D eigenvalue weighted by Crippen LogP contribution is -2.39. The highest BCUT2D eigenvalue weighted by Crippen LogP contribution is 2.19. The number of halogens is 2. The Balaban J connectivity index is 0.00000200. The number of carbonyl (C=O) groups excluding carboxylic acids is 1. The molecule has 4 nitrogen and oxygen atoms in total. The second-order valence-corrected chi connectivity index (χ2v) is 5.48. The van der Waals surface area contributed by atoms with Crippen molar-refractivity contribution in [1.29, 1.82) is 0 Å². The number of likely N-dealkylation sites (N-methyl/N-ethyl adjacent to an activating group) is 1. The Bertz CT molecular complexity index is 462. The highest BCUT2D eigenvalue weighted by molar-refractivity contribution is 6.31. The van der Waals surface area contributed by atoms with Crippen LogP contribution < -0.4 is 10.6 Å². The van der Waals surface area contributed by atoms with Gasteiger partial charge in [0.2, 0.25) is 5.91 Å². The van der Waals surface area contributed by atoms with Crippen LogP contribution in [0.3, 0.4) is 0 Å². The second-order valence-electron chi connectivity index (χ2n) is 5.07. The minimum absolute atomic E-state index is 0. The molecule has 1 amide bonds. The molecule has 1 fully saturated rings. The normalized spacial score (nSPS) is 17.9. The molecule has 2 rings (SSSR count). The molecule has 0 aliphatic carbocycles. The monoisotopic (exact) mass is 317 g/mol. The molecule has 0 saturated carbocycles. The van der Waals surface area contributed by atoms with Crippen LogP contribution in [-0.4, -0.2) is 43.5 Å². The quantitative estimate of drug-likeness (QED) is 0.895. The van der Waals surface area contributed by atoms with Crippen LogP contribution in [0.2, 0.25) is 5.02 Å². The zero-order valence-electron chi connectivity index (χ0n) is 11.8. The number of benzene rings is 1. The van der Waals surface area contributed by atoms with Crippen LogP contribution in [0, 0.1) is 6.92 Å². The van der Waals surface area contributed by atoms with Crippen LogP contribution in [0.25, 0.3) is 0 Å². The lowest BCUT2D eigenvalue weighted by molar-refractivity contribution is -0.117. The Kier molecular flexibility index (Phi) is 6.76. The standard InChI is InChI=1S/C14H20ClN3O.ClH/c1-10-3-4-11(7-13(10)15)17-14(19)9-18(2)12-5-6-16-8-12;/h3-4,7,12,16H,5-6,8-9H2,1-2H3,(H,17,19);1H. The van der Waals surface area contributed by atoms with Gasteiger partial charge in [-0.05, 0) is 44.6 Å². The first-order chi connectivity index (χ1) is 9.06. The van der Waals surface area contributed by atoms with Crippen molar-refractivity contribution in [2.75, 3.05) is 32.0 Å². The second kappa shape index (κ2) is 7.84. The first-order valence-corrected chi connectivity index (χ1v) is 6.91. The summed E-state index contributed by atoms with van der Waals surface area (Å²) in [5.41, 5.74) is 1.76. The maximum Gasteiger partial charge on any atom is 0.238 e. The van der Waals surface area contributed by atoms with Crippen molar-refractivity contribution in [3.05, 3.63) is 28.8 Å². The van der Waals surface area contributed by atoms with E-state index in [1.54, 1.807) is 6.07 Å². The maximum absolute atomic E-state index is 12.0. The number of nitrogens with zero attached hydrogens (tertiary/aromatic N) is 1. The van der Waals surface area contributed by atoms with Crippen molar-refractivity contribution in [3.8, 4) is 0 Å². The molecular weight excluding hydrogens is 297 g/mol. The van der Waals surface area contributed by atoms with Gasteiger partial charge in [-0.25, -0.2) is 0 Å². The first-order valence-electron chi connectivity index (χ1n) is 6.53. The van der Waals surface area contributed by atoms with Gasteiger partial charge in [0.1, 0.15) is 0 Å². The minimum atomic E-state index is -0.00526. The van der Waals surface area contributed by atoms with Crippen LogP contribution in [0.5, 0.6) is 0 Å². The first kappa shape index (κ1) is 17.2. The van der Waals surface area contributed by atoms with Crippen molar-refractivity contribution in [2.45, 2.75) is 19.4 Å². The fourth-order valence-corrected chi connectivity index (χ4v) is 2.42. The van der Waals surface area contributed by atoms with E-state index in [2.05, 4.69) is 15.5 Å². The molecular formula is C14H21Cl2N3O. The molecule has 1 aromatic rings. The summed E-state index contributed by atoms with van der Waals surface area (Å²) in [6, 6.07) is 6.01. The Morgan fingerprint density at radius 1 is 1.55 bits per heavy atom. The molecule has 112 valence electrons. The van der Waals surface area contributed by atoms with Crippen LogP contribution in [0.1, 0.15) is 12.0 Å². The Morgan fingerprint density at radius 2 is 2.30 bits per heavy atom. The van der Waals surface area contributed by atoms with Gasteiger partial charge < -0.3 is 10.6 Å². The summed E-state index contributed by atoms with van der Waals surface area (Å²) in [4.78, 5) is 14.0. The summed E-state index contributed by atoms with van der Waals surface area (Å²) in [5, 5.41) is 6.85. The number of amides is 1. The molecule has 1 aliphatic heterocycles. The van der Waals surface area contributed by atoms with Gasteiger partial charge in [-0.15, -0.1) is 12.4 Å². The molecule has 1 aromatic carbocycles. The highest BCUT2D eigenvalue weighted by atomic mass is 35.5. The van der Waals surface area contributed by atoms with E-state index in [9.17, 15) is 4.79 Å². The molecule has 6 heteroatoms. The largest absolute Gasteiger partial charge is 0.325 e. The van der Waals surface area contributed by atoms with Gasteiger partial charge >= 0.3 is 0 Å². The number of hydrogen-bond donors (Lipinski definition) is 2. The fraction of sp³-hybridized carbons (Fsp3) is 0.500. The van der Waals surface area contributed by atoms with E-state index < -0.39 is 0 Å². The van der Waals surface area contributed by atoms with E-state index in [0.717, 1.165) is 30.8 Å². The Labute approximate surface area is 131 Å². The van der Waals surface area contributed by atoms with Crippen molar-refractivity contribution < 1.29 is 4.79 Å². The lowest BCUT2D eigenvalue weighted by atomic mass is 10.2. The van der Waals surface area contributed by atoms with E-state index in [1.807, 2.05) is 26.1 Å². The zero-order valence-corrected chi connectivity index (χ0v) is 13.4. The summed E-state index contributed by atoms with van der Waals surface area (Å²) in [6.07, 6.45) is 1.10. The number of hydrogen-bond acceptors (Lipinski definition) is 3. The minimum Gasteiger partial charge on any atom is -0.325 e. The molecule has 1 saturated heterocycles.